The zero-order valence-electron chi connectivity index (χ0n) is 8.47. The third-order valence-electron chi connectivity index (χ3n) is 2.26. The Hall–Kier alpha value is -2.29. The number of phenolic OH excluding ortho intramolecular Hbond substituents is 1. The first-order valence-electron chi connectivity index (χ1n) is 4.78. The van der Waals surface area contributed by atoms with Crippen molar-refractivity contribution in [2.75, 3.05) is 0 Å². The van der Waals surface area contributed by atoms with Gasteiger partial charge in [0.05, 0.1) is 0 Å². The topological polar surface area (TPSA) is 63.3 Å². The van der Waals surface area contributed by atoms with Gasteiger partial charge in [-0.05, 0) is 29.8 Å². The molecular weight excluding hydrogens is 202 g/mol. The molecule has 2 rings (SSSR count). The van der Waals surface area contributed by atoms with Gasteiger partial charge in [-0.15, -0.1) is 0 Å². The molecule has 3 nitrogen and oxygen atoms in total. The number of rotatable bonds is 2. The van der Waals surface area contributed by atoms with Crippen LogP contribution in [0.25, 0.3) is 11.1 Å². The number of carbonyl (C=O) groups excluding carboxylic acids is 1. The predicted octanol–water partition coefficient (Wildman–Crippen LogP) is 1.96. The third-order valence-corrected chi connectivity index (χ3v) is 2.26. The summed E-state index contributed by atoms with van der Waals surface area (Å²) in [5.74, 6) is -0.361. The molecule has 3 heteroatoms. The fourth-order valence-electron chi connectivity index (χ4n) is 1.54. The summed E-state index contributed by atoms with van der Waals surface area (Å²) >= 11 is 0. The average molecular weight is 212 g/mol. The van der Waals surface area contributed by atoms with Gasteiger partial charge in [0, 0.05) is 11.1 Å². The third kappa shape index (κ3) is 1.88. The van der Waals surface area contributed by atoms with Crippen LogP contribution in [0, 0.1) is 6.07 Å². The molecule has 3 N–H and O–H groups in total. The van der Waals surface area contributed by atoms with E-state index in [1.807, 2.05) is 0 Å². The van der Waals surface area contributed by atoms with Crippen molar-refractivity contribution in [2.24, 2.45) is 5.73 Å². The van der Waals surface area contributed by atoms with E-state index in [2.05, 4.69) is 6.07 Å². The maximum Gasteiger partial charge on any atom is 0.249 e. The highest BCUT2D eigenvalue weighted by molar-refractivity contribution is 5.99. The molecule has 0 saturated heterocycles. The van der Waals surface area contributed by atoms with Crippen molar-refractivity contribution in [3.05, 3.63) is 54.1 Å². The van der Waals surface area contributed by atoms with E-state index in [1.165, 1.54) is 0 Å². The molecule has 0 bridgehead atoms. The molecule has 0 unspecified atom stereocenters. The van der Waals surface area contributed by atoms with Gasteiger partial charge in [-0.3, -0.25) is 4.79 Å². The molecule has 0 fully saturated rings. The summed E-state index contributed by atoms with van der Waals surface area (Å²) in [6, 6.07) is 14.6. The summed E-state index contributed by atoms with van der Waals surface area (Å²) in [5.41, 5.74) is 6.98. The molecule has 0 spiro atoms. The van der Waals surface area contributed by atoms with Crippen molar-refractivity contribution < 1.29 is 9.90 Å². The van der Waals surface area contributed by atoms with Crippen LogP contribution in [-0.2, 0) is 0 Å². The van der Waals surface area contributed by atoms with Crippen molar-refractivity contribution in [3.8, 4) is 16.9 Å². The molecule has 16 heavy (non-hydrogen) atoms. The SMILES string of the molecule is NC(=O)c1ccc[c]c1-c1cccc(O)c1. The molecule has 0 aliphatic carbocycles. The number of benzene rings is 2. The molecule has 1 amide bonds. The number of amides is 1. The van der Waals surface area contributed by atoms with Crippen molar-refractivity contribution >= 4 is 5.91 Å². The molecule has 0 atom stereocenters. The van der Waals surface area contributed by atoms with Crippen LogP contribution in [-0.4, -0.2) is 11.0 Å². The van der Waals surface area contributed by atoms with E-state index in [9.17, 15) is 9.90 Å². The number of primary amides is 1. The maximum absolute atomic E-state index is 11.2. The van der Waals surface area contributed by atoms with Crippen LogP contribution in [0.2, 0.25) is 0 Å². The summed E-state index contributed by atoms with van der Waals surface area (Å²) < 4.78 is 0. The molecule has 0 saturated carbocycles. The zero-order valence-corrected chi connectivity index (χ0v) is 8.47. The maximum atomic E-state index is 11.2. The van der Waals surface area contributed by atoms with E-state index in [0.29, 0.717) is 11.1 Å². The number of hydrogen-bond donors (Lipinski definition) is 2. The van der Waals surface area contributed by atoms with Gasteiger partial charge in [-0.2, -0.15) is 0 Å². The number of aromatic hydroxyl groups is 1. The largest absolute Gasteiger partial charge is 0.508 e. The van der Waals surface area contributed by atoms with Gasteiger partial charge >= 0.3 is 0 Å². The molecule has 0 aliphatic rings. The van der Waals surface area contributed by atoms with E-state index in [0.717, 1.165) is 5.56 Å². The fourth-order valence-corrected chi connectivity index (χ4v) is 1.54. The van der Waals surface area contributed by atoms with Crippen molar-refractivity contribution in [3.63, 3.8) is 0 Å². The second kappa shape index (κ2) is 4.06. The predicted molar refractivity (Wildman–Crippen MR) is 60.9 cm³/mol. The Labute approximate surface area is 93.1 Å². The van der Waals surface area contributed by atoms with Gasteiger partial charge < -0.3 is 10.8 Å². The lowest BCUT2D eigenvalue weighted by Gasteiger charge is -2.06. The molecular formula is C13H10NO2. The minimum atomic E-state index is -0.504. The minimum absolute atomic E-state index is 0.144. The molecule has 0 aliphatic heterocycles. The zero-order chi connectivity index (χ0) is 11.5. The Morgan fingerprint density at radius 2 is 2.06 bits per heavy atom. The van der Waals surface area contributed by atoms with Crippen molar-refractivity contribution in [1.29, 1.82) is 0 Å². The minimum Gasteiger partial charge on any atom is -0.508 e. The van der Waals surface area contributed by atoms with Gasteiger partial charge in [-0.25, -0.2) is 0 Å². The highest BCUT2D eigenvalue weighted by atomic mass is 16.3. The van der Waals surface area contributed by atoms with Gasteiger partial charge in [0.25, 0.3) is 0 Å². The Bertz CT molecular complexity index is 535. The van der Waals surface area contributed by atoms with Crippen LogP contribution < -0.4 is 5.73 Å². The summed E-state index contributed by atoms with van der Waals surface area (Å²) in [7, 11) is 0. The highest BCUT2D eigenvalue weighted by Gasteiger charge is 2.09. The number of phenols is 1. The van der Waals surface area contributed by atoms with Gasteiger partial charge in [0.2, 0.25) is 5.91 Å². The van der Waals surface area contributed by atoms with Crippen molar-refractivity contribution in [2.45, 2.75) is 0 Å². The van der Waals surface area contributed by atoms with Crippen LogP contribution >= 0.6 is 0 Å². The van der Waals surface area contributed by atoms with Crippen LogP contribution in [0.5, 0.6) is 5.75 Å². The normalized spacial score (nSPS) is 10.0. The Morgan fingerprint density at radius 3 is 2.75 bits per heavy atom. The first kappa shape index (κ1) is 10.2. The lowest BCUT2D eigenvalue weighted by atomic mass is 9.99. The molecule has 79 valence electrons. The second-order valence-electron chi connectivity index (χ2n) is 3.37. The van der Waals surface area contributed by atoms with Crippen LogP contribution in [0.1, 0.15) is 10.4 Å². The van der Waals surface area contributed by atoms with E-state index in [1.54, 1.807) is 42.5 Å². The van der Waals surface area contributed by atoms with Gasteiger partial charge in [0.1, 0.15) is 5.75 Å². The van der Waals surface area contributed by atoms with Crippen LogP contribution in [0.4, 0.5) is 0 Å². The standard InChI is InChI=1S/C13H10NO2/c14-13(16)12-7-2-1-6-11(12)9-4-3-5-10(15)8-9/h1-5,7-8,15H,(H2,14,16). The molecule has 0 heterocycles. The summed E-state index contributed by atoms with van der Waals surface area (Å²) in [6.45, 7) is 0. The van der Waals surface area contributed by atoms with E-state index >= 15 is 0 Å². The number of nitrogens with two attached hydrogens (primary N) is 1. The highest BCUT2D eigenvalue weighted by Crippen LogP contribution is 2.25. The molecule has 0 aromatic heterocycles. The van der Waals surface area contributed by atoms with Crippen LogP contribution in [0.15, 0.2) is 42.5 Å². The first-order valence-corrected chi connectivity index (χ1v) is 4.78. The Balaban J connectivity index is 2.60. The lowest BCUT2D eigenvalue weighted by molar-refractivity contribution is 0.100. The smallest absolute Gasteiger partial charge is 0.249 e. The number of hydrogen-bond acceptors (Lipinski definition) is 2. The summed E-state index contributed by atoms with van der Waals surface area (Å²) in [6.07, 6.45) is 0. The van der Waals surface area contributed by atoms with E-state index in [-0.39, 0.29) is 5.75 Å². The first-order chi connectivity index (χ1) is 7.68. The van der Waals surface area contributed by atoms with E-state index < -0.39 is 5.91 Å². The van der Waals surface area contributed by atoms with Gasteiger partial charge in [0.15, 0.2) is 0 Å². The van der Waals surface area contributed by atoms with Crippen LogP contribution in [0.3, 0.4) is 0 Å². The lowest BCUT2D eigenvalue weighted by Crippen LogP contribution is -2.12. The Morgan fingerprint density at radius 1 is 1.25 bits per heavy atom. The number of carbonyl (C=O) groups is 1. The summed E-state index contributed by atoms with van der Waals surface area (Å²) in [4.78, 5) is 11.2. The van der Waals surface area contributed by atoms with Crippen molar-refractivity contribution in [1.82, 2.24) is 0 Å². The second-order valence-corrected chi connectivity index (χ2v) is 3.37. The quantitative estimate of drug-likeness (QED) is 0.799. The fraction of sp³-hybridized carbons (Fsp3) is 0. The van der Waals surface area contributed by atoms with Gasteiger partial charge in [-0.1, -0.05) is 24.3 Å². The van der Waals surface area contributed by atoms with E-state index in [4.69, 9.17) is 5.73 Å². The molecule has 2 aromatic rings. The molecule has 2 aromatic carbocycles. The average Bonchev–Trinajstić information content (AvgIpc) is 2.29. The molecule has 1 radical (unpaired) electrons. The monoisotopic (exact) mass is 212 g/mol. The Kier molecular flexibility index (Phi) is 2.60. The summed E-state index contributed by atoms with van der Waals surface area (Å²) in [5, 5.41) is 9.37.